The maximum Gasteiger partial charge on any atom is 0.0289 e. The number of hydrogen-bond acceptors (Lipinski definition) is 0. The monoisotopic (exact) mass is 196 g/mol. The first-order valence-corrected chi connectivity index (χ1v) is 5.32. The smallest absolute Gasteiger partial charge is 0.0289 e. The molecule has 76 valence electrons. The van der Waals surface area contributed by atoms with E-state index in [1.54, 1.807) is 0 Å². The number of benzene rings is 1. The first-order chi connectivity index (χ1) is 7.21. The molecule has 0 amide bonds. The Hall–Kier alpha value is -1.56. The van der Waals surface area contributed by atoms with Crippen LogP contribution in [0.2, 0.25) is 0 Å². The van der Waals surface area contributed by atoms with Gasteiger partial charge in [0, 0.05) is 5.41 Å². The van der Waals surface area contributed by atoms with Gasteiger partial charge in [-0.1, -0.05) is 66.3 Å². The summed E-state index contributed by atoms with van der Waals surface area (Å²) < 4.78 is 0. The van der Waals surface area contributed by atoms with Crippen LogP contribution in [-0.2, 0) is 5.41 Å². The molecule has 0 bridgehead atoms. The van der Waals surface area contributed by atoms with Crippen LogP contribution in [0.1, 0.15) is 19.4 Å². The Labute approximate surface area is 91.6 Å². The second-order valence-corrected chi connectivity index (χ2v) is 4.25. The van der Waals surface area contributed by atoms with Gasteiger partial charge in [-0.2, -0.15) is 0 Å². The first kappa shape index (κ1) is 9.97. The summed E-state index contributed by atoms with van der Waals surface area (Å²) in [5.41, 5.74) is 2.65. The maximum atomic E-state index is 2.26. The van der Waals surface area contributed by atoms with E-state index in [0.717, 1.165) is 0 Å². The highest BCUT2D eigenvalue weighted by molar-refractivity contribution is 5.41. The van der Waals surface area contributed by atoms with Crippen LogP contribution in [0, 0.1) is 0 Å². The molecule has 0 aliphatic heterocycles. The van der Waals surface area contributed by atoms with Crippen LogP contribution in [-0.4, -0.2) is 0 Å². The molecule has 1 aromatic carbocycles. The fraction of sp³-hybridized carbons (Fsp3) is 0.200. The number of rotatable bonds is 1. The van der Waals surface area contributed by atoms with Gasteiger partial charge in [0.15, 0.2) is 0 Å². The van der Waals surface area contributed by atoms with Gasteiger partial charge in [0.1, 0.15) is 0 Å². The SMILES string of the molecule is CC1=CC=CC(C)(c2ccccc2)C=C1. The van der Waals surface area contributed by atoms with Gasteiger partial charge in [0.05, 0.1) is 0 Å². The summed E-state index contributed by atoms with van der Waals surface area (Å²) in [5.74, 6) is 0. The van der Waals surface area contributed by atoms with Crippen LogP contribution in [0.4, 0.5) is 0 Å². The number of hydrogen-bond donors (Lipinski definition) is 0. The van der Waals surface area contributed by atoms with Crippen molar-refractivity contribution in [3.63, 3.8) is 0 Å². The van der Waals surface area contributed by atoms with Gasteiger partial charge >= 0.3 is 0 Å². The Balaban J connectivity index is 2.41. The van der Waals surface area contributed by atoms with Gasteiger partial charge in [-0.25, -0.2) is 0 Å². The van der Waals surface area contributed by atoms with Crippen molar-refractivity contribution in [1.29, 1.82) is 0 Å². The predicted molar refractivity (Wildman–Crippen MR) is 65.8 cm³/mol. The Bertz CT molecular complexity index is 421. The van der Waals surface area contributed by atoms with Crippen molar-refractivity contribution in [1.82, 2.24) is 0 Å². The molecule has 0 aromatic heterocycles. The first-order valence-electron chi connectivity index (χ1n) is 5.32. The molecular formula is C15H16. The van der Waals surface area contributed by atoms with E-state index in [2.05, 4.69) is 74.6 Å². The predicted octanol–water partition coefficient (Wildman–Crippen LogP) is 4.02. The largest absolute Gasteiger partial charge is 0.0704 e. The molecule has 0 nitrogen and oxygen atoms in total. The average molecular weight is 196 g/mol. The highest BCUT2D eigenvalue weighted by atomic mass is 14.2. The zero-order valence-electron chi connectivity index (χ0n) is 9.27. The van der Waals surface area contributed by atoms with Crippen LogP contribution in [0.3, 0.4) is 0 Å². The van der Waals surface area contributed by atoms with Crippen molar-refractivity contribution in [3.8, 4) is 0 Å². The molecule has 1 atom stereocenters. The lowest BCUT2D eigenvalue weighted by atomic mass is 9.82. The second kappa shape index (κ2) is 3.90. The minimum absolute atomic E-state index is 0.0233. The third kappa shape index (κ3) is 2.10. The Morgan fingerprint density at radius 1 is 1.00 bits per heavy atom. The fourth-order valence-corrected chi connectivity index (χ4v) is 1.81. The summed E-state index contributed by atoms with van der Waals surface area (Å²) in [4.78, 5) is 0. The van der Waals surface area contributed by atoms with E-state index >= 15 is 0 Å². The van der Waals surface area contributed by atoms with E-state index in [-0.39, 0.29) is 5.41 Å². The van der Waals surface area contributed by atoms with Crippen LogP contribution < -0.4 is 0 Å². The summed E-state index contributed by atoms with van der Waals surface area (Å²) in [6.45, 7) is 4.36. The van der Waals surface area contributed by atoms with Crippen molar-refractivity contribution >= 4 is 0 Å². The molecule has 0 heteroatoms. The third-order valence-corrected chi connectivity index (χ3v) is 2.89. The van der Waals surface area contributed by atoms with E-state index in [1.165, 1.54) is 11.1 Å². The molecule has 0 N–H and O–H groups in total. The molecule has 0 fully saturated rings. The third-order valence-electron chi connectivity index (χ3n) is 2.89. The summed E-state index contributed by atoms with van der Waals surface area (Å²) in [7, 11) is 0. The van der Waals surface area contributed by atoms with Gasteiger partial charge in [-0.15, -0.1) is 0 Å². The van der Waals surface area contributed by atoms with Crippen LogP contribution in [0.15, 0.2) is 66.3 Å². The van der Waals surface area contributed by atoms with Crippen molar-refractivity contribution in [2.24, 2.45) is 0 Å². The van der Waals surface area contributed by atoms with Gasteiger partial charge < -0.3 is 0 Å². The molecule has 1 unspecified atom stereocenters. The van der Waals surface area contributed by atoms with Gasteiger partial charge in [-0.05, 0) is 19.4 Å². The maximum absolute atomic E-state index is 2.26. The van der Waals surface area contributed by atoms with E-state index < -0.39 is 0 Å². The molecule has 0 heterocycles. The summed E-state index contributed by atoms with van der Waals surface area (Å²) >= 11 is 0. The highest BCUT2D eigenvalue weighted by Gasteiger charge is 2.19. The minimum Gasteiger partial charge on any atom is -0.0704 e. The van der Waals surface area contributed by atoms with Crippen molar-refractivity contribution in [2.45, 2.75) is 19.3 Å². The molecule has 1 aliphatic carbocycles. The zero-order valence-corrected chi connectivity index (χ0v) is 9.27. The molecule has 2 rings (SSSR count). The molecule has 0 saturated heterocycles. The highest BCUT2D eigenvalue weighted by Crippen LogP contribution is 2.28. The summed E-state index contributed by atoms with van der Waals surface area (Å²) in [6, 6.07) is 10.6. The Kier molecular flexibility index (Phi) is 2.59. The lowest BCUT2D eigenvalue weighted by Gasteiger charge is -2.21. The molecule has 0 saturated carbocycles. The Morgan fingerprint density at radius 3 is 2.47 bits per heavy atom. The molecular weight excluding hydrogens is 180 g/mol. The Morgan fingerprint density at radius 2 is 1.73 bits per heavy atom. The van der Waals surface area contributed by atoms with E-state index in [1.807, 2.05) is 0 Å². The molecule has 0 radical (unpaired) electrons. The van der Waals surface area contributed by atoms with E-state index in [9.17, 15) is 0 Å². The lowest BCUT2D eigenvalue weighted by molar-refractivity contribution is 0.758. The summed E-state index contributed by atoms with van der Waals surface area (Å²) in [6.07, 6.45) is 11.0. The van der Waals surface area contributed by atoms with Crippen LogP contribution in [0.5, 0.6) is 0 Å². The molecule has 1 aliphatic rings. The topological polar surface area (TPSA) is 0 Å². The van der Waals surface area contributed by atoms with Crippen LogP contribution >= 0.6 is 0 Å². The van der Waals surface area contributed by atoms with Crippen LogP contribution in [0.25, 0.3) is 0 Å². The molecule has 15 heavy (non-hydrogen) atoms. The van der Waals surface area contributed by atoms with Gasteiger partial charge in [-0.3, -0.25) is 0 Å². The fourth-order valence-electron chi connectivity index (χ4n) is 1.81. The molecule has 1 aromatic rings. The van der Waals surface area contributed by atoms with Crippen molar-refractivity contribution in [3.05, 3.63) is 71.8 Å². The minimum atomic E-state index is 0.0233. The average Bonchev–Trinajstić information content (AvgIpc) is 2.44. The number of allylic oxidation sites excluding steroid dienone is 6. The van der Waals surface area contributed by atoms with Crippen molar-refractivity contribution < 1.29 is 0 Å². The van der Waals surface area contributed by atoms with Gasteiger partial charge in [0.2, 0.25) is 0 Å². The second-order valence-electron chi connectivity index (χ2n) is 4.25. The standard InChI is InChI=1S/C15H16/c1-13-7-6-11-15(2,12-10-13)14-8-4-3-5-9-14/h3-12H,1-2H3. The van der Waals surface area contributed by atoms with Crippen molar-refractivity contribution in [2.75, 3.05) is 0 Å². The normalized spacial score (nSPS) is 24.8. The zero-order chi connectivity index (χ0) is 10.7. The van der Waals surface area contributed by atoms with E-state index in [4.69, 9.17) is 0 Å². The summed E-state index contributed by atoms with van der Waals surface area (Å²) in [5, 5.41) is 0. The van der Waals surface area contributed by atoms with Gasteiger partial charge in [0.25, 0.3) is 0 Å². The lowest BCUT2D eigenvalue weighted by Crippen LogP contribution is -2.14. The quantitative estimate of drug-likeness (QED) is 0.636. The van der Waals surface area contributed by atoms with E-state index in [0.29, 0.717) is 0 Å². The molecule has 0 spiro atoms.